The van der Waals surface area contributed by atoms with Crippen molar-refractivity contribution in [3.63, 3.8) is 0 Å². The molecule has 0 atom stereocenters. The Morgan fingerprint density at radius 3 is 2.34 bits per heavy atom. The van der Waals surface area contributed by atoms with Crippen LogP contribution in [0.5, 0.6) is 5.75 Å². The van der Waals surface area contributed by atoms with E-state index < -0.39 is 11.5 Å². The number of carbonyl (C=O) groups excluding carboxylic acids is 1. The summed E-state index contributed by atoms with van der Waals surface area (Å²) in [5, 5.41) is 11.7. The lowest BCUT2D eigenvalue weighted by Gasteiger charge is -2.17. The fourth-order valence-corrected chi connectivity index (χ4v) is 4.02. The summed E-state index contributed by atoms with van der Waals surface area (Å²) in [6.45, 7) is 0. The van der Waals surface area contributed by atoms with Crippen molar-refractivity contribution < 1.29 is 9.90 Å². The molecule has 0 aliphatic heterocycles. The van der Waals surface area contributed by atoms with E-state index in [1.165, 1.54) is 0 Å². The van der Waals surface area contributed by atoms with E-state index in [1.54, 1.807) is 36.4 Å². The number of hydrogen-bond acceptors (Lipinski definition) is 3. The van der Waals surface area contributed by atoms with E-state index in [9.17, 15) is 14.7 Å². The Bertz CT molecular complexity index is 1300. The molecule has 0 fully saturated rings. The summed E-state index contributed by atoms with van der Waals surface area (Å²) in [7, 11) is 0. The zero-order valence-corrected chi connectivity index (χ0v) is 16.9. The molecular weight excluding hydrogens is 432 g/mol. The van der Waals surface area contributed by atoms with Crippen LogP contribution in [0.25, 0.3) is 16.5 Å². The van der Waals surface area contributed by atoms with Gasteiger partial charge in [0.05, 0.1) is 11.1 Å². The molecule has 0 saturated heterocycles. The van der Waals surface area contributed by atoms with E-state index in [-0.39, 0.29) is 11.4 Å². The van der Waals surface area contributed by atoms with Gasteiger partial charge in [-0.15, -0.1) is 0 Å². The molecular formula is C23H17BrN2O3. The van der Waals surface area contributed by atoms with Crippen LogP contribution in [0.1, 0.15) is 21.6 Å². The Balaban J connectivity index is 2.07. The zero-order valence-electron chi connectivity index (χ0n) is 15.3. The van der Waals surface area contributed by atoms with Gasteiger partial charge in [0.1, 0.15) is 0 Å². The Labute approximate surface area is 175 Å². The van der Waals surface area contributed by atoms with Crippen LogP contribution in [0, 0.1) is 0 Å². The van der Waals surface area contributed by atoms with Gasteiger partial charge in [-0.2, -0.15) is 0 Å². The van der Waals surface area contributed by atoms with Gasteiger partial charge in [-0.05, 0) is 51.7 Å². The van der Waals surface area contributed by atoms with Crippen molar-refractivity contribution in [2.75, 3.05) is 0 Å². The third-order valence-corrected chi connectivity index (χ3v) is 5.50. The average Bonchev–Trinajstić information content (AvgIpc) is 2.71. The van der Waals surface area contributed by atoms with Gasteiger partial charge in [-0.25, -0.2) is 0 Å². The number of primary amides is 1. The quantitative estimate of drug-likeness (QED) is 0.491. The minimum atomic E-state index is -0.883. The number of aromatic hydroxyl groups is 1. The number of halogens is 1. The second-order valence-corrected chi connectivity index (χ2v) is 7.51. The van der Waals surface area contributed by atoms with Crippen LogP contribution >= 0.6 is 15.9 Å². The Hall–Kier alpha value is -3.38. The van der Waals surface area contributed by atoms with E-state index in [2.05, 4.69) is 15.9 Å². The lowest BCUT2D eigenvalue weighted by molar-refractivity contribution is 0.0990. The van der Waals surface area contributed by atoms with E-state index in [0.717, 1.165) is 15.7 Å². The van der Waals surface area contributed by atoms with Gasteiger partial charge >= 0.3 is 0 Å². The van der Waals surface area contributed by atoms with Crippen molar-refractivity contribution in [1.29, 1.82) is 0 Å². The van der Waals surface area contributed by atoms with Crippen LogP contribution in [-0.2, 0) is 6.42 Å². The minimum absolute atomic E-state index is 0.241. The van der Waals surface area contributed by atoms with Crippen molar-refractivity contribution in [2.24, 2.45) is 5.73 Å². The molecule has 0 aliphatic rings. The molecule has 3 aromatic carbocycles. The van der Waals surface area contributed by atoms with E-state index in [1.807, 2.05) is 36.4 Å². The summed E-state index contributed by atoms with van der Waals surface area (Å²) in [6, 6.07) is 21.9. The molecule has 5 nitrogen and oxygen atoms in total. The molecule has 4 aromatic rings. The third-order valence-electron chi connectivity index (χ3n) is 4.83. The predicted octanol–water partition coefficient (Wildman–Crippen LogP) is 4.15. The molecule has 144 valence electrons. The number of carbonyl (C=O) groups is 1. The Kier molecular flexibility index (Phi) is 4.94. The second kappa shape index (κ2) is 7.56. The highest BCUT2D eigenvalue weighted by atomic mass is 79.9. The van der Waals surface area contributed by atoms with Crippen LogP contribution in [0.2, 0.25) is 0 Å². The second-order valence-electron chi connectivity index (χ2n) is 6.66. The van der Waals surface area contributed by atoms with Crippen LogP contribution < -0.4 is 11.3 Å². The Morgan fingerprint density at radius 1 is 0.966 bits per heavy atom. The molecule has 0 spiro atoms. The number of nitrogens with two attached hydrogens (primary N) is 1. The van der Waals surface area contributed by atoms with Crippen molar-refractivity contribution in [1.82, 2.24) is 4.57 Å². The average molecular weight is 449 g/mol. The summed E-state index contributed by atoms with van der Waals surface area (Å²) in [5.41, 5.74) is 7.12. The fourth-order valence-electron chi connectivity index (χ4n) is 3.56. The number of hydrogen-bond donors (Lipinski definition) is 2. The SMILES string of the molecule is NC(=O)c1c(O)c2c(Cc3ccccc3)cccc2c(=O)n1-c1ccccc1Br. The highest BCUT2D eigenvalue weighted by Crippen LogP contribution is 2.33. The van der Waals surface area contributed by atoms with E-state index >= 15 is 0 Å². The molecule has 1 aromatic heterocycles. The summed E-state index contributed by atoms with van der Waals surface area (Å²) < 4.78 is 1.76. The molecule has 0 bridgehead atoms. The maximum Gasteiger partial charge on any atom is 0.269 e. The lowest BCUT2D eigenvalue weighted by atomic mass is 9.97. The molecule has 1 heterocycles. The first-order chi connectivity index (χ1) is 14.0. The number of amides is 1. The highest BCUT2D eigenvalue weighted by Gasteiger charge is 2.23. The molecule has 29 heavy (non-hydrogen) atoms. The third kappa shape index (κ3) is 3.32. The maximum atomic E-state index is 13.4. The summed E-state index contributed by atoms with van der Waals surface area (Å²) in [5.74, 6) is -1.18. The van der Waals surface area contributed by atoms with Crippen molar-refractivity contribution in [3.05, 3.63) is 104 Å². The van der Waals surface area contributed by atoms with Gasteiger partial charge in [-0.1, -0.05) is 54.6 Å². The van der Waals surface area contributed by atoms with Crippen LogP contribution in [0.15, 0.2) is 82.1 Å². The largest absolute Gasteiger partial charge is 0.505 e. The first-order valence-corrected chi connectivity index (χ1v) is 9.76. The molecule has 4 rings (SSSR count). The lowest BCUT2D eigenvalue weighted by Crippen LogP contribution is -2.28. The first kappa shape index (κ1) is 19.0. The van der Waals surface area contributed by atoms with Crippen LogP contribution in [0.3, 0.4) is 0 Å². The van der Waals surface area contributed by atoms with Crippen LogP contribution in [0.4, 0.5) is 0 Å². The van der Waals surface area contributed by atoms with Gasteiger partial charge in [0.25, 0.3) is 11.5 Å². The Morgan fingerprint density at radius 2 is 1.66 bits per heavy atom. The topological polar surface area (TPSA) is 85.3 Å². The number of aromatic nitrogens is 1. The van der Waals surface area contributed by atoms with Crippen molar-refractivity contribution in [3.8, 4) is 11.4 Å². The number of pyridine rings is 1. The van der Waals surface area contributed by atoms with Gasteiger partial charge in [0, 0.05) is 9.86 Å². The van der Waals surface area contributed by atoms with E-state index in [0.29, 0.717) is 27.4 Å². The number of para-hydroxylation sites is 1. The summed E-state index contributed by atoms with van der Waals surface area (Å²) in [6.07, 6.45) is 0.502. The molecule has 1 amide bonds. The normalized spacial score (nSPS) is 10.9. The zero-order chi connectivity index (χ0) is 20.5. The highest BCUT2D eigenvalue weighted by molar-refractivity contribution is 9.10. The number of rotatable bonds is 4. The molecule has 0 radical (unpaired) electrons. The molecule has 0 aliphatic carbocycles. The van der Waals surface area contributed by atoms with Gasteiger partial charge in [0.2, 0.25) is 0 Å². The summed E-state index contributed by atoms with van der Waals surface area (Å²) in [4.78, 5) is 25.7. The maximum absolute atomic E-state index is 13.4. The smallest absolute Gasteiger partial charge is 0.269 e. The fraction of sp³-hybridized carbons (Fsp3) is 0.0435. The van der Waals surface area contributed by atoms with Gasteiger partial charge < -0.3 is 10.8 Å². The minimum Gasteiger partial charge on any atom is -0.505 e. The molecule has 6 heteroatoms. The van der Waals surface area contributed by atoms with Crippen molar-refractivity contribution in [2.45, 2.75) is 6.42 Å². The number of nitrogens with zero attached hydrogens (tertiary/aromatic N) is 1. The first-order valence-electron chi connectivity index (χ1n) is 8.97. The molecule has 3 N–H and O–H groups in total. The predicted molar refractivity (Wildman–Crippen MR) is 117 cm³/mol. The summed E-state index contributed by atoms with van der Waals surface area (Å²) >= 11 is 3.40. The molecule has 0 unspecified atom stereocenters. The standard InChI is InChI=1S/C23H17BrN2O3/c24-17-11-4-5-12-18(17)26-20(22(25)28)21(27)19-15(9-6-10-16(19)23(26)29)13-14-7-2-1-3-8-14/h1-12,27H,13H2,(H2,25,28). The van der Waals surface area contributed by atoms with Crippen LogP contribution in [-0.4, -0.2) is 15.6 Å². The van der Waals surface area contributed by atoms with Gasteiger partial charge in [-0.3, -0.25) is 14.2 Å². The number of fused-ring (bicyclic) bond motifs is 1. The molecule has 0 saturated carbocycles. The van der Waals surface area contributed by atoms with E-state index in [4.69, 9.17) is 5.73 Å². The van der Waals surface area contributed by atoms with Crippen molar-refractivity contribution >= 4 is 32.6 Å². The monoisotopic (exact) mass is 448 g/mol. The van der Waals surface area contributed by atoms with Gasteiger partial charge in [0.15, 0.2) is 11.4 Å². The number of benzene rings is 3.